The molecule has 1 rings (SSSR count). The third-order valence-electron chi connectivity index (χ3n) is 2.79. The smallest absolute Gasteiger partial charge is 0.159 e. The largest absolute Gasteiger partial charge is 0.378 e. The third kappa shape index (κ3) is 4.68. The zero-order valence-corrected chi connectivity index (χ0v) is 14.3. The molecule has 0 radical (unpaired) electrons. The molecule has 0 aliphatic rings. The van der Waals surface area contributed by atoms with Gasteiger partial charge in [0.25, 0.3) is 0 Å². The first-order valence-corrected chi connectivity index (χ1v) is 7.87. The summed E-state index contributed by atoms with van der Waals surface area (Å²) >= 11 is 3.55. The third-order valence-corrected chi connectivity index (χ3v) is 3.62. The lowest BCUT2D eigenvalue weighted by atomic mass is 10.2. The number of rotatable bonds is 9. The molecule has 0 spiro atoms. The SMILES string of the molecule is CCCNc1nc(C(CC)OCC)nc(COC)c1Br. The highest BCUT2D eigenvalue weighted by molar-refractivity contribution is 9.10. The van der Waals surface area contributed by atoms with Gasteiger partial charge in [-0.25, -0.2) is 9.97 Å². The van der Waals surface area contributed by atoms with Gasteiger partial charge in [-0.1, -0.05) is 13.8 Å². The minimum atomic E-state index is -0.0779. The minimum absolute atomic E-state index is 0.0779. The molecule has 20 heavy (non-hydrogen) atoms. The van der Waals surface area contributed by atoms with Crippen molar-refractivity contribution in [2.45, 2.75) is 46.3 Å². The number of halogens is 1. The van der Waals surface area contributed by atoms with Crippen molar-refractivity contribution in [2.24, 2.45) is 0 Å². The molecule has 0 saturated carbocycles. The summed E-state index contributed by atoms with van der Waals surface area (Å²) in [5, 5.41) is 3.31. The molecule has 6 heteroatoms. The predicted molar refractivity (Wildman–Crippen MR) is 83.9 cm³/mol. The number of ether oxygens (including phenoxy) is 2. The van der Waals surface area contributed by atoms with Gasteiger partial charge in [0.2, 0.25) is 0 Å². The summed E-state index contributed by atoms with van der Waals surface area (Å²) in [6.07, 6.45) is 1.80. The van der Waals surface area contributed by atoms with Gasteiger partial charge < -0.3 is 14.8 Å². The van der Waals surface area contributed by atoms with Gasteiger partial charge >= 0.3 is 0 Å². The average Bonchev–Trinajstić information content (AvgIpc) is 2.46. The lowest BCUT2D eigenvalue weighted by Gasteiger charge is -2.17. The maximum Gasteiger partial charge on any atom is 0.159 e. The van der Waals surface area contributed by atoms with Crippen molar-refractivity contribution >= 4 is 21.7 Å². The van der Waals surface area contributed by atoms with Crippen LogP contribution < -0.4 is 5.32 Å². The van der Waals surface area contributed by atoms with E-state index < -0.39 is 0 Å². The van der Waals surface area contributed by atoms with Gasteiger partial charge in [0.1, 0.15) is 11.9 Å². The lowest BCUT2D eigenvalue weighted by molar-refractivity contribution is 0.0530. The van der Waals surface area contributed by atoms with Gasteiger partial charge in [0, 0.05) is 20.3 Å². The van der Waals surface area contributed by atoms with Crippen molar-refractivity contribution < 1.29 is 9.47 Å². The number of anilines is 1. The zero-order chi connectivity index (χ0) is 15.0. The number of nitrogens with zero attached hydrogens (tertiary/aromatic N) is 2. The molecule has 0 aliphatic heterocycles. The van der Waals surface area contributed by atoms with E-state index in [9.17, 15) is 0 Å². The van der Waals surface area contributed by atoms with E-state index in [4.69, 9.17) is 9.47 Å². The molecule has 0 aliphatic carbocycles. The van der Waals surface area contributed by atoms with E-state index in [1.165, 1.54) is 0 Å². The molecule has 1 atom stereocenters. The second-order valence-electron chi connectivity index (χ2n) is 4.40. The van der Waals surface area contributed by atoms with E-state index >= 15 is 0 Å². The molecule has 1 unspecified atom stereocenters. The molecule has 114 valence electrons. The van der Waals surface area contributed by atoms with Gasteiger partial charge in [0.05, 0.1) is 16.8 Å². The number of nitrogens with one attached hydrogen (secondary N) is 1. The molecular formula is C14H24BrN3O2. The summed E-state index contributed by atoms with van der Waals surface area (Å²) in [5.74, 6) is 1.52. The Morgan fingerprint density at radius 3 is 2.55 bits per heavy atom. The molecule has 1 aromatic heterocycles. The Morgan fingerprint density at radius 2 is 2.00 bits per heavy atom. The van der Waals surface area contributed by atoms with Crippen molar-refractivity contribution in [2.75, 3.05) is 25.6 Å². The van der Waals surface area contributed by atoms with Crippen LogP contribution in [0.4, 0.5) is 5.82 Å². The number of hydrogen-bond donors (Lipinski definition) is 1. The molecule has 0 bridgehead atoms. The van der Waals surface area contributed by atoms with Crippen LogP contribution in [0.25, 0.3) is 0 Å². The van der Waals surface area contributed by atoms with Crippen molar-refractivity contribution in [3.05, 3.63) is 16.0 Å². The molecule has 5 nitrogen and oxygen atoms in total. The summed E-state index contributed by atoms with van der Waals surface area (Å²) in [4.78, 5) is 9.17. The number of aromatic nitrogens is 2. The highest BCUT2D eigenvalue weighted by atomic mass is 79.9. The van der Waals surface area contributed by atoms with Crippen molar-refractivity contribution in [1.82, 2.24) is 9.97 Å². The molecule has 1 N–H and O–H groups in total. The van der Waals surface area contributed by atoms with Crippen LogP contribution in [-0.4, -0.2) is 30.2 Å². The average molecular weight is 346 g/mol. The monoisotopic (exact) mass is 345 g/mol. The Bertz CT molecular complexity index is 416. The van der Waals surface area contributed by atoms with E-state index in [-0.39, 0.29) is 6.10 Å². The Hall–Kier alpha value is -0.720. The fourth-order valence-electron chi connectivity index (χ4n) is 1.83. The van der Waals surface area contributed by atoms with Crippen LogP contribution in [0.2, 0.25) is 0 Å². The van der Waals surface area contributed by atoms with Gasteiger partial charge in [-0.2, -0.15) is 0 Å². The molecule has 0 fully saturated rings. The summed E-state index contributed by atoms with van der Waals surface area (Å²) < 4.78 is 11.8. The number of methoxy groups -OCH3 is 1. The second kappa shape index (κ2) is 9.26. The van der Waals surface area contributed by atoms with Crippen molar-refractivity contribution in [3.8, 4) is 0 Å². The Morgan fingerprint density at radius 1 is 1.25 bits per heavy atom. The summed E-state index contributed by atoms with van der Waals surface area (Å²) in [7, 11) is 1.66. The first kappa shape index (κ1) is 17.3. The van der Waals surface area contributed by atoms with Crippen LogP contribution in [0.1, 0.15) is 51.2 Å². The Balaban J connectivity index is 3.12. The van der Waals surface area contributed by atoms with E-state index in [0.29, 0.717) is 19.0 Å². The van der Waals surface area contributed by atoms with Crippen LogP contribution in [0.15, 0.2) is 4.47 Å². The first-order chi connectivity index (χ1) is 9.67. The molecular weight excluding hydrogens is 322 g/mol. The maximum atomic E-state index is 5.70. The van der Waals surface area contributed by atoms with E-state index in [2.05, 4.69) is 45.1 Å². The number of hydrogen-bond acceptors (Lipinski definition) is 5. The van der Waals surface area contributed by atoms with Crippen LogP contribution in [0.5, 0.6) is 0 Å². The lowest BCUT2D eigenvalue weighted by Crippen LogP contribution is -2.14. The van der Waals surface area contributed by atoms with Gasteiger partial charge in [-0.15, -0.1) is 0 Å². The molecule has 1 aromatic rings. The standard InChI is InChI=1S/C14H24BrN3O2/c1-5-8-16-14-12(15)10(9-19-4)17-13(18-14)11(6-2)20-7-3/h11H,5-9H2,1-4H3,(H,16,17,18). The van der Waals surface area contributed by atoms with E-state index in [1.807, 2.05) is 6.92 Å². The summed E-state index contributed by atoms with van der Waals surface area (Å²) in [5.41, 5.74) is 0.842. The van der Waals surface area contributed by atoms with Gasteiger partial charge in [-0.3, -0.25) is 0 Å². The van der Waals surface area contributed by atoms with E-state index in [0.717, 1.165) is 35.4 Å². The van der Waals surface area contributed by atoms with Crippen LogP contribution in [-0.2, 0) is 16.1 Å². The van der Waals surface area contributed by atoms with Gasteiger partial charge in [0.15, 0.2) is 5.82 Å². The Labute approximate surface area is 129 Å². The zero-order valence-electron chi connectivity index (χ0n) is 12.7. The maximum absolute atomic E-state index is 5.70. The van der Waals surface area contributed by atoms with Crippen molar-refractivity contribution in [1.29, 1.82) is 0 Å². The topological polar surface area (TPSA) is 56.3 Å². The second-order valence-corrected chi connectivity index (χ2v) is 5.20. The first-order valence-electron chi connectivity index (χ1n) is 7.08. The normalized spacial score (nSPS) is 12.4. The minimum Gasteiger partial charge on any atom is -0.378 e. The fraction of sp³-hybridized carbons (Fsp3) is 0.714. The van der Waals surface area contributed by atoms with Crippen LogP contribution >= 0.6 is 15.9 Å². The van der Waals surface area contributed by atoms with Crippen LogP contribution in [0.3, 0.4) is 0 Å². The molecule has 0 aromatic carbocycles. The van der Waals surface area contributed by atoms with Crippen LogP contribution in [0, 0.1) is 0 Å². The fourth-order valence-corrected chi connectivity index (χ4v) is 2.26. The quantitative estimate of drug-likeness (QED) is 0.739. The van der Waals surface area contributed by atoms with Crippen molar-refractivity contribution in [3.63, 3.8) is 0 Å². The van der Waals surface area contributed by atoms with Gasteiger partial charge in [-0.05, 0) is 35.7 Å². The predicted octanol–water partition coefficient (Wildman–Crippen LogP) is 3.70. The molecule has 0 saturated heterocycles. The molecule has 1 heterocycles. The highest BCUT2D eigenvalue weighted by Gasteiger charge is 2.18. The Kier molecular flexibility index (Phi) is 8.02. The summed E-state index contributed by atoms with van der Waals surface area (Å²) in [6, 6.07) is 0. The summed E-state index contributed by atoms with van der Waals surface area (Å²) in [6.45, 7) is 8.13. The van der Waals surface area contributed by atoms with E-state index in [1.54, 1.807) is 7.11 Å². The highest BCUT2D eigenvalue weighted by Crippen LogP contribution is 2.28. The molecule has 0 amide bonds.